The van der Waals surface area contributed by atoms with Gasteiger partial charge in [-0.05, 0) is 68.8 Å². The second kappa shape index (κ2) is 7.01. The third-order valence-electron chi connectivity index (χ3n) is 4.73. The topological polar surface area (TPSA) is 37.3 Å². The van der Waals surface area contributed by atoms with Gasteiger partial charge in [-0.3, -0.25) is 4.79 Å². The third kappa shape index (κ3) is 3.38. The summed E-state index contributed by atoms with van der Waals surface area (Å²) in [6.07, 6.45) is 2.00. The molecule has 0 saturated carbocycles. The third-order valence-corrected chi connectivity index (χ3v) is 4.73. The van der Waals surface area contributed by atoms with Crippen LogP contribution >= 0.6 is 0 Å². The number of hydrogen-bond acceptors (Lipinski definition) is 2. The van der Waals surface area contributed by atoms with Crippen molar-refractivity contribution < 1.29 is 4.79 Å². The first kappa shape index (κ1) is 17.1. The summed E-state index contributed by atoms with van der Waals surface area (Å²) in [6, 6.07) is 14.0. The van der Waals surface area contributed by atoms with Crippen LogP contribution in [0.4, 0.5) is 11.4 Å². The van der Waals surface area contributed by atoms with Crippen LogP contribution in [0.1, 0.15) is 29.8 Å². The van der Waals surface area contributed by atoms with Crippen LogP contribution in [-0.4, -0.2) is 23.6 Å². The molecule has 4 nitrogen and oxygen atoms in total. The van der Waals surface area contributed by atoms with Gasteiger partial charge in [-0.15, -0.1) is 0 Å². The molecule has 0 unspecified atom stereocenters. The molecular weight excluding hydrogens is 310 g/mol. The lowest BCUT2D eigenvalue weighted by Crippen LogP contribution is -2.22. The van der Waals surface area contributed by atoms with E-state index < -0.39 is 0 Å². The van der Waals surface area contributed by atoms with E-state index in [-0.39, 0.29) is 5.91 Å². The molecule has 0 bridgehead atoms. The second-order valence-electron chi connectivity index (χ2n) is 6.33. The van der Waals surface area contributed by atoms with Gasteiger partial charge in [0.1, 0.15) is 0 Å². The standard InChI is InChI=1S/C21H25N3O/c1-5-24(6-2)18-8-9-19(15(3)13-18)22-21(25)17-7-10-20-16(14-17)11-12-23(20)4/h7-14H,5-6H2,1-4H3,(H,22,25). The van der Waals surface area contributed by atoms with Gasteiger partial charge >= 0.3 is 0 Å². The summed E-state index contributed by atoms with van der Waals surface area (Å²) in [5, 5.41) is 4.11. The Morgan fingerprint density at radius 3 is 2.52 bits per heavy atom. The van der Waals surface area contributed by atoms with Crippen molar-refractivity contribution in [3.63, 3.8) is 0 Å². The van der Waals surface area contributed by atoms with E-state index in [1.54, 1.807) is 0 Å². The first-order chi connectivity index (χ1) is 12.0. The fourth-order valence-electron chi connectivity index (χ4n) is 3.19. The van der Waals surface area contributed by atoms with Crippen molar-refractivity contribution in [2.24, 2.45) is 7.05 Å². The fraction of sp³-hybridized carbons (Fsp3) is 0.286. The Bertz CT molecular complexity index is 907. The van der Waals surface area contributed by atoms with E-state index in [0.717, 1.165) is 35.2 Å². The molecule has 0 saturated heterocycles. The van der Waals surface area contributed by atoms with Crippen LogP contribution in [0.5, 0.6) is 0 Å². The maximum atomic E-state index is 12.6. The molecule has 2 aromatic carbocycles. The molecule has 0 aliphatic rings. The molecule has 1 aromatic heterocycles. The molecule has 0 radical (unpaired) electrons. The van der Waals surface area contributed by atoms with Crippen molar-refractivity contribution in [1.82, 2.24) is 4.57 Å². The Balaban J connectivity index is 1.82. The van der Waals surface area contributed by atoms with E-state index in [9.17, 15) is 4.79 Å². The van der Waals surface area contributed by atoms with Gasteiger partial charge in [0.05, 0.1) is 0 Å². The predicted molar refractivity (Wildman–Crippen MR) is 106 cm³/mol. The van der Waals surface area contributed by atoms with Crippen LogP contribution in [0.3, 0.4) is 0 Å². The zero-order chi connectivity index (χ0) is 18.0. The lowest BCUT2D eigenvalue weighted by atomic mass is 10.1. The van der Waals surface area contributed by atoms with E-state index in [2.05, 4.69) is 36.2 Å². The van der Waals surface area contributed by atoms with E-state index in [4.69, 9.17) is 0 Å². The normalized spacial score (nSPS) is 10.9. The Kier molecular flexibility index (Phi) is 4.79. The molecule has 130 valence electrons. The molecular formula is C21H25N3O. The minimum atomic E-state index is -0.0792. The average Bonchev–Trinajstić information content (AvgIpc) is 2.99. The summed E-state index contributed by atoms with van der Waals surface area (Å²) < 4.78 is 2.05. The molecule has 3 aromatic rings. The van der Waals surface area contributed by atoms with Crippen LogP contribution in [0.15, 0.2) is 48.7 Å². The number of nitrogens with one attached hydrogen (secondary N) is 1. The van der Waals surface area contributed by atoms with Gasteiger partial charge in [0, 0.05) is 54.2 Å². The minimum absolute atomic E-state index is 0.0792. The number of aromatic nitrogens is 1. The first-order valence-electron chi connectivity index (χ1n) is 8.75. The van der Waals surface area contributed by atoms with Crippen molar-refractivity contribution in [3.05, 3.63) is 59.8 Å². The molecule has 1 N–H and O–H groups in total. The van der Waals surface area contributed by atoms with Gasteiger partial charge in [-0.25, -0.2) is 0 Å². The highest BCUT2D eigenvalue weighted by Gasteiger charge is 2.11. The molecule has 25 heavy (non-hydrogen) atoms. The van der Waals surface area contributed by atoms with Crippen LogP contribution in [-0.2, 0) is 7.05 Å². The van der Waals surface area contributed by atoms with Gasteiger partial charge in [-0.1, -0.05) is 0 Å². The Morgan fingerprint density at radius 2 is 1.84 bits per heavy atom. The van der Waals surface area contributed by atoms with Crippen molar-refractivity contribution >= 4 is 28.2 Å². The fourth-order valence-corrected chi connectivity index (χ4v) is 3.19. The van der Waals surface area contributed by atoms with Crippen molar-refractivity contribution in [1.29, 1.82) is 0 Å². The number of hydrogen-bond donors (Lipinski definition) is 1. The monoisotopic (exact) mass is 335 g/mol. The molecule has 1 heterocycles. The number of aryl methyl sites for hydroxylation is 2. The maximum absolute atomic E-state index is 12.6. The van der Waals surface area contributed by atoms with E-state index in [0.29, 0.717) is 5.56 Å². The molecule has 1 amide bonds. The number of fused-ring (bicyclic) bond motifs is 1. The molecule has 4 heteroatoms. The van der Waals surface area contributed by atoms with Crippen LogP contribution in [0.25, 0.3) is 10.9 Å². The zero-order valence-corrected chi connectivity index (χ0v) is 15.3. The highest BCUT2D eigenvalue weighted by atomic mass is 16.1. The predicted octanol–water partition coefficient (Wildman–Crippen LogP) is 4.59. The summed E-state index contributed by atoms with van der Waals surface area (Å²) in [5.74, 6) is -0.0792. The van der Waals surface area contributed by atoms with Crippen LogP contribution in [0.2, 0.25) is 0 Å². The first-order valence-corrected chi connectivity index (χ1v) is 8.75. The summed E-state index contributed by atoms with van der Waals surface area (Å²) in [7, 11) is 2.00. The van der Waals surface area contributed by atoms with E-state index in [1.807, 2.05) is 55.1 Å². The number of amides is 1. The Labute approximate surface area is 149 Å². The summed E-state index contributed by atoms with van der Waals surface area (Å²) >= 11 is 0. The molecule has 0 aliphatic carbocycles. The Morgan fingerprint density at radius 1 is 1.08 bits per heavy atom. The summed E-state index contributed by atoms with van der Waals surface area (Å²) in [5.41, 5.74) is 4.90. The van der Waals surface area contributed by atoms with Crippen molar-refractivity contribution in [3.8, 4) is 0 Å². The molecule has 0 aliphatic heterocycles. The second-order valence-corrected chi connectivity index (χ2v) is 6.33. The van der Waals surface area contributed by atoms with E-state index >= 15 is 0 Å². The van der Waals surface area contributed by atoms with Gasteiger partial charge < -0.3 is 14.8 Å². The van der Waals surface area contributed by atoms with Crippen molar-refractivity contribution in [2.45, 2.75) is 20.8 Å². The lowest BCUT2D eigenvalue weighted by Gasteiger charge is -2.22. The minimum Gasteiger partial charge on any atom is -0.372 e. The maximum Gasteiger partial charge on any atom is 0.255 e. The number of anilines is 2. The van der Waals surface area contributed by atoms with E-state index in [1.165, 1.54) is 5.69 Å². The number of carbonyl (C=O) groups is 1. The number of carbonyl (C=O) groups excluding carboxylic acids is 1. The average molecular weight is 335 g/mol. The summed E-state index contributed by atoms with van der Waals surface area (Å²) in [4.78, 5) is 14.9. The lowest BCUT2D eigenvalue weighted by molar-refractivity contribution is 0.102. The quantitative estimate of drug-likeness (QED) is 0.741. The Hall–Kier alpha value is -2.75. The SMILES string of the molecule is CCN(CC)c1ccc(NC(=O)c2ccc3c(ccn3C)c2)c(C)c1. The van der Waals surface area contributed by atoms with Crippen LogP contribution < -0.4 is 10.2 Å². The van der Waals surface area contributed by atoms with Gasteiger partial charge in [0.2, 0.25) is 0 Å². The van der Waals surface area contributed by atoms with Gasteiger partial charge in [-0.2, -0.15) is 0 Å². The molecule has 0 fully saturated rings. The highest BCUT2D eigenvalue weighted by molar-refractivity contribution is 6.06. The molecule has 3 rings (SSSR count). The zero-order valence-electron chi connectivity index (χ0n) is 15.3. The van der Waals surface area contributed by atoms with Gasteiger partial charge in [0.25, 0.3) is 5.91 Å². The number of nitrogens with zero attached hydrogens (tertiary/aromatic N) is 2. The number of rotatable bonds is 5. The number of benzene rings is 2. The van der Waals surface area contributed by atoms with Gasteiger partial charge in [0.15, 0.2) is 0 Å². The van der Waals surface area contributed by atoms with Crippen LogP contribution in [0, 0.1) is 6.92 Å². The largest absolute Gasteiger partial charge is 0.372 e. The molecule has 0 spiro atoms. The van der Waals surface area contributed by atoms with Crippen molar-refractivity contribution in [2.75, 3.05) is 23.3 Å². The molecule has 0 atom stereocenters. The smallest absolute Gasteiger partial charge is 0.255 e. The summed E-state index contributed by atoms with van der Waals surface area (Å²) in [6.45, 7) is 8.27. The highest BCUT2D eigenvalue weighted by Crippen LogP contribution is 2.24.